The fraction of sp³-hybridized carbons (Fsp3) is 0.0811. The summed E-state index contributed by atoms with van der Waals surface area (Å²) in [6, 6.07) is 26.1. The average molecular weight is 840 g/mol. The van der Waals surface area contributed by atoms with Crippen molar-refractivity contribution in [2.75, 3.05) is 0 Å². The van der Waals surface area contributed by atoms with Crippen LogP contribution in [0.2, 0.25) is 0 Å². The Bertz CT molecular complexity index is 2130. The SMILES string of the molecule is Cc1cc(Br)c2c(c1)C(/N=C/c1c(O)c(O)cc3ccccc13)(/N=C/c1c(O)c(O)cc3ccccc13)c1cc(C)cc(Br)c1-2.[Ni].[Ni]. The number of phenolic OH excluding ortho intramolecular Hbond substituents is 4. The second-order valence-corrected chi connectivity index (χ2v) is 13.0. The molecule has 0 saturated heterocycles. The van der Waals surface area contributed by atoms with Gasteiger partial charge in [-0.15, -0.1) is 0 Å². The second-order valence-electron chi connectivity index (χ2n) is 11.3. The molecule has 1 aliphatic carbocycles. The number of phenols is 4. The molecule has 7 rings (SSSR count). The third-order valence-electron chi connectivity index (χ3n) is 8.31. The maximum atomic E-state index is 11.1. The number of halogens is 2. The summed E-state index contributed by atoms with van der Waals surface area (Å²) in [5.41, 5.74) is 4.66. The Kier molecular flexibility index (Phi) is 9.65. The van der Waals surface area contributed by atoms with Gasteiger partial charge in [-0.2, -0.15) is 0 Å². The molecular weight excluding hydrogens is 814 g/mol. The average Bonchev–Trinajstić information content (AvgIpc) is 3.27. The third kappa shape index (κ3) is 5.66. The first kappa shape index (κ1) is 34.7. The molecule has 1 aliphatic rings. The van der Waals surface area contributed by atoms with Crippen molar-refractivity contribution in [1.29, 1.82) is 0 Å². The molecule has 6 nitrogen and oxygen atoms in total. The Morgan fingerprint density at radius 1 is 0.574 bits per heavy atom. The number of hydrogen-bond acceptors (Lipinski definition) is 6. The predicted molar refractivity (Wildman–Crippen MR) is 187 cm³/mol. The van der Waals surface area contributed by atoms with Crippen LogP contribution in [-0.2, 0) is 38.6 Å². The molecule has 0 radical (unpaired) electrons. The second kappa shape index (κ2) is 13.1. The number of aryl methyl sites for hydroxylation is 2. The van der Waals surface area contributed by atoms with E-state index < -0.39 is 5.66 Å². The molecule has 0 aromatic heterocycles. The number of fused-ring (bicyclic) bond motifs is 5. The molecule has 0 atom stereocenters. The van der Waals surface area contributed by atoms with E-state index in [1.165, 1.54) is 12.1 Å². The molecule has 47 heavy (non-hydrogen) atoms. The van der Waals surface area contributed by atoms with Crippen molar-refractivity contribution in [3.8, 4) is 34.1 Å². The van der Waals surface area contributed by atoms with E-state index in [1.54, 1.807) is 12.4 Å². The monoisotopic (exact) mass is 836 g/mol. The van der Waals surface area contributed by atoms with E-state index in [9.17, 15) is 20.4 Å². The molecule has 10 heteroatoms. The van der Waals surface area contributed by atoms with Crippen molar-refractivity contribution < 1.29 is 53.4 Å². The van der Waals surface area contributed by atoms with Crippen LogP contribution in [-0.4, -0.2) is 32.9 Å². The van der Waals surface area contributed by atoms with Crippen molar-refractivity contribution in [2.45, 2.75) is 19.5 Å². The molecule has 0 aliphatic heterocycles. The summed E-state index contributed by atoms with van der Waals surface area (Å²) in [5, 5.41) is 46.3. The maximum Gasteiger partial charge on any atom is 0.202 e. The van der Waals surface area contributed by atoms with Gasteiger partial charge < -0.3 is 20.4 Å². The van der Waals surface area contributed by atoms with Crippen molar-refractivity contribution >= 4 is 65.8 Å². The van der Waals surface area contributed by atoms with E-state index in [-0.39, 0.29) is 56.0 Å². The Balaban J connectivity index is 0.00000217. The van der Waals surface area contributed by atoms with Gasteiger partial charge in [0.1, 0.15) is 0 Å². The van der Waals surface area contributed by atoms with Crippen molar-refractivity contribution in [3.63, 3.8) is 0 Å². The van der Waals surface area contributed by atoms with Crippen LogP contribution in [0.15, 0.2) is 104 Å². The molecule has 0 bridgehead atoms. The minimum Gasteiger partial charge on any atom is -0.504 e. The van der Waals surface area contributed by atoms with E-state index in [1.807, 2.05) is 86.6 Å². The fourth-order valence-corrected chi connectivity index (χ4v) is 7.82. The van der Waals surface area contributed by atoms with E-state index in [0.717, 1.165) is 53.1 Å². The van der Waals surface area contributed by atoms with Gasteiger partial charge in [0.15, 0.2) is 23.0 Å². The van der Waals surface area contributed by atoms with Gasteiger partial charge in [0, 0.05) is 87.7 Å². The zero-order chi connectivity index (χ0) is 31.6. The third-order valence-corrected chi connectivity index (χ3v) is 9.56. The number of rotatable bonds is 4. The van der Waals surface area contributed by atoms with Gasteiger partial charge in [-0.05, 0) is 70.8 Å². The van der Waals surface area contributed by atoms with E-state index in [0.29, 0.717) is 21.9 Å². The Morgan fingerprint density at radius 3 is 1.36 bits per heavy atom. The molecule has 0 saturated carbocycles. The Morgan fingerprint density at radius 2 is 0.957 bits per heavy atom. The van der Waals surface area contributed by atoms with Gasteiger partial charge in [-0.3, -0.25) is 9.98 Å². The van der Waals surface area contributed by atoms with Crippen LogP contribution in [0.3, 0.4) is 0 Å². The van der Waals surface area contributed by atoms with Crippen molar-refractivity contribution in [2.24, 2.45) is 9.98 Å². The first-order valence-corrected chi connectivity index (χ1v) is 15.8. The minimum absolute atomic E-state index is 0. The van der Waals surface area contributed by atoms with Crippen LogP contribution in [0, 0.1) is 13.8 Å². The molecular formula is C37H26Br2N2Ni2O4. The van der Waals surface area contributed by atoms with Crippen LogP contribution in [0.1, 0.15) is 33.4 Å². The zero-order valence-electron chi connectivity index (χ0n) is 24.8. The summed E-state index contributed by atoms with van der Waals surface area (Å²) >= 11 is 7.60. The van der Waals surface area contributed by atoms with Gasteiger partial charge in [-0.1, -0.05) is 92.5 Å². The van der Waals surface area contributed by atoms with Crippen LogP contribution < -0.4 is 0 Å². The summed E-state index contributed by atoms with van der Waals surface area (Å²) < 4.78 is 1.73. The molecule has 6 aromatic carbocycles. The topological polar surface area (TPSA) is 106 Å². The molecule has 242 valence electrons. The van der Waals surface area contributed by atoms with Gasteiger partial charge in [0.05, 0.1) is 0 Å². The Labute approximate surface area is 308 Å². The molecule has 0 spiro atoms. The van der Waals surface area contributed by atoms with Crippen LogP contribution in [0.5, 0.6) is 23.0 Å². The van der Waals surface area contributed by atoms with Crippen molar-refractivity contribution in [3.05, 3.63) is 127 Å². The van der Waals surface area contributed by atoms with Crippen LogP contribution in [0.4, 0.5) is 0 Å². The maximum absolute atomic E-state index is 11.1. The molecule has 4 N–H and O–H groups in total. The first-order valence-electron chi connectivity index (χ1n) is 14.2. The summed E-state index contributed by atoms with van der Waals surface area (Å²) in [5.74, 6) is -1.09. The number of hydrogen-bond donors (Lipinski definition) is 4. The van der Waals surface area contributed by atoms with Gasteiger partial charge >= 0.3 is 0 Å². The number of aromatic hydroxyl groups is 4. The smallest absolute Gasteiger partial charge is 0.202 e. The van der Waals surface area contributed by atoms with Crippen molar-refractivity contribution in [1.82, 2.24) is 0 Å². The molecule has 0 unspecified atom stereocenters. The summed E-state index contributed by atoms with van der Waals surface area (Å²) in [4.78, 5) is 10.4. The van der Waals surface area contributed by atoms with Gasteiger partial charge in [0.25, 0.3) is 0 Å². The molecule has 0 amide bonds. The first-order chi connectivity index (χ1) is 21.6. The van der Waals surface area contributed by atoms with Gasteiger partial charge in [0.2, 0.25) is 5.66 Å². The van der Waals surface area contributed by atoms with Gasteiger partial charge in [-0.25, -0.2) is 0 Å². The number of nitrogens with zero attached hydrogens (tertiary/aromatic N) is 2. The van der Waals surface area contributed by atoms with E-state index >= 15 is 0 Å². The molecule has 0 heterocycles. The summed E-state index contributed by atoms with van der Waals surface area (Å²) in [7, 11) is 0. The predicted octanol–water partition coefficient (Wildman–Crippen LogP) is 9.37. The standard InChI is InChI=1S/C37H26Br2N2O4.2Ni/c1-19-11-27-33(29(38)13-19)34-28(12-20(2)14-30(34)39)37(27,40-17-25-23-9-5-3-7-21(23)15-31(42)35(25)44)41-18-26-24-10-6-4-8-22(24)16-32(43)36(26)45;;/h3-18,42-45H,1-2H3;;/b40-17+,41-18+;;. The van der Waals surface area contributed by atoms with Crippen LogP contribution in [0.25, 0.3) is 32.7 Å². The normalized spacial score (nSPS) is 13.1. The summed E-state index contributed by atoms with van der Waals surface area (Å²) in [6.07, 6.45) is 3.11. The molecule has 0 fully saturated rings. The molecule has 6 aromatic rings. The van der Waals surface area contributed by atoms with E-state index in [2.05, 4.69) is 31.9 Å². The van der Waals surface area contributed by atoms with Crippen LogP contribution >= 0.6 is 31.9 Å². The van der Waals surface area contributed by atoms with E-state index in [4.69, 9.17) is 9.98 Å². The number of aliphatic imine (C=N–C) groups is 2. The zero-order valence-corrected chi connectivity index (χ0v) is 30.0. The minimum atomic E-state index is -1.38. The fourth-order valence-electron chi connectivity index (χ4n) is 6.28. The quantitative estimate of drug-likeness (QED) is 0.0807. The largest absolute Gasteiger partial charge is 0.504 e. The number of benzene rings is 6. The summed E-state index contributed by atoms with van der Waals surface area (Å²) in [6.45, 7) is 3.99. The Hall–Kier alpha value is -3.67.